The fourth-order valence-electron chi connectivity index (χ4n) is 2.02. The van der Waals surface area contributed by atoms with Crippen molar-refractivity contribution in [1.29, 1.82) is 0 Å². The molecular formula is C11H22. The Balaban J connectivity index is 2.25. The molecule has 1 aliphatic carbocycles. The van der Waals surface area contributed by atoms with Gasteiger partial charge in [0.05, 0.1) is 0 Å². The molecule has 1 aliphatic rings. The first-order chi connectivity index (χ1) is 5.29. The Labute approximate surface area is 71.4 Å². The molecule has 2 atom stereocenters. The summed E-state index contributed by atoms with van der Waals surface area (Å²) in [5.41, 5.74) is 0. The second-order valence-corrected chi connectivity index (χ2v) is 4.43. The molecule has 0 saturated heterocycles. The molecule has 0 nitrogen and oxygen atoms in total. The largest absolute Gasteiger partial charge is 0.0625 e. The Hall–Kier alpha value is 0. The molecule has 1 rings (SSSR count). The summed E-state index contributed by atoms with van der Waals surface area (Å²) >= 11 is 0. The predicted molar refractivity (Wildman–Crippen MR) is 50.6 cm³/mol. The first-order valence-corrected chi connectivity index (χ1v) is 5.29. The van der Waals surface area contributed by atoms with Crippen LogP contribution in [0.2, 0.25) is 0 Å². The minimum Gasteiger partial charge on any atom is -0.0625 e. The van der Waals surface area contributed by atoms with Crippen LogP contribution in [0, 0.1) is 11.8 Å². The Kier molecular flexibility index (Phi) is 3.96. The zero-order valence-corrected chi connectivity index (χ0v) is 8.10. The Morgan fingerprint density at radius 2 is 1.09 bits per heavy atom. The summed E-state index contributed by atoms with van der Waals surface area (Å²) in [5, 5.41) is 0. The van der Waals surface area contributed by atoms with Crippen molar-refractivity contribution in [3.63, 3.8) is 0 Å². The van der Waals surface area contributed by atoms with Crippen LogP contribution >= 0.6 is 0 Å². The van der Waals surface area contributed by atoms with E-state index in [1.165, 1.54) is 44.9 Å². The van der Waals surface area contributed by atoms with Crippen molar-refractivity contribution in [2.75, 3.05) is 0 Å². The summed E-state index contributed by atoms with van der Waals surface area (Å²) in [6.07, 6.45) is 10.3. The van der Waals surface area contributed by atoms with Gasteiger partial charge in [-0.25, -0.2) is 0 Å². The summed E-state index contributed by atoms with van der Waals surface area (Å²) in [6, 6.07) is 0. The van der Waals surface area contributed by atoms with Crippen molar-refractivity contribution < 1.29 is 0 Å². The number of hydrogen-bond acceptors (Lipinski definition) is 0. The van der Waals surface area contributed by atoms with Crippen molar-refractivity contribution in [3.8, 4) is 0 Å². The average molecular weight is 154 g/mol. The molecule has 1 fully saturated rings. The van der Waals surface area contributed by atoms with E-state index in [-0.39, 0.29) is 0 Å². The Morgan fingerprint density at radius 3 is 1.55 bits per heavy atom. The summed E-state index contributed by atoms with van der Waals surface area (Å²) in [5.74, 6) is 1.99. The third-order valence-corrected chi connectivity index (χ3v) is 3.05. The molecule has 1 saturated carbocycles. The van der Waals surface area contributed by atoms with Gasteiger partial charge in [-0.05, 0) is 11.8 Å². The highest BCUT2D eigenvalue weighted by molar-refractivity contribution is 4.62. The zero-order valence-electron chi connectivity index (χ0n) is 8.10. The first kappa shape index (κ1) is 9.09. The molecule has 0 aromatic carbocycles. The number of hydrogen-bond donors (Lipinski definition) is 0. The standard InChI is InChI=1S/C11H22/c1-10-6-4-3-5-7-11(2)9-8-10/h10-11H,3-9H2,1-2H3. The lowest BCUT2D eigenvalue weighted by molar-refractivity contribution is 0.415. The minimum atomic E-state index is 0.996. The van der Waals surface area contributed by atoms with E-state index in [4.69, 9.17) is 0 Å². The van der Waals surface area contributed by atoms with Gasteiger partial charge in [0, 0.05) is 0 Å². The number of rotatable bonds is 0. The SMILES string of the molecule is CC1CCCCCC(C)CC1. The van der Waals surface area contributed by atoms with E-state index in [0.29, 0.717) is 0 Å². The third kappa shape index (κ3) is 3.79. The highest BCUT2D eigenvalue weighted by Crippen LogP contribution is 2.24. The van der Waals surface area contributed by atoms with Crippen molar-refractivity contribution >= 4 is 0 Å². The maximum absolute atomic E-state index is 2.41. The van der Waals surface area contributed by atoms with Crippen molar-refractivity contribution in [2.24, 2.45) is 11.8 Å². The van der Waals surface area contributed by atoms with Gasteiger partial charge in [0.1, 0.15) is 0 Å². The fourth-order valence-corrected chi connectivity index (χ4v) is 2.02. The van der Waals surface area contributed by atoms with Crippen molar-refractivity contribution in [2.45, 2.75) is 58.8 Å². The van der Waals surface area contributed by atoms with E-state index in [2.05, 4.69) is 13.8 Å². The lowest BCUT2D eigenvalue weighted by Crippen LogP contribution is -1.97. The van der Waals surface area contributed by atoms with E-state index in [1.807, 2.05) is 0 Å². The van der Waals surface area contributed by atoms with Crippen LogP contribution in [0.3, 0.4) is 0 Å². The molecule has 66 valence electrons. The maximum Gasteiger partial charge on any atom is -0.0443 e. The van der Waals surface area contributed by atoms with Crippen LogP contribution in [-0.4, -0.2) is 0 Å². The highest BCUT2D eigenvalue weighted by atomic mass is 14.1. The summed E-state index contributed by atoms with van der Waals surface area (Å²) in [6.45, 7) is 4.83. The zero-order chi connectivity index (χ0) is 8.10. The molecule has 0 amide bonds. The summed E-state index contributed by atoms with van der Waals surface area (Å²) in [7, 11) is 0. The Morgan fingerprint density at radius 1 is 0.636 bits per heavy atom. The van der Waals surface area contributed by atoms with Gasteiger partial charge in [0.2, 0.25) is 0 Å². The quantitative estimate of drug-likeness (QED) is 0.494. The van der Waals surface area contributed by atoms with E-state index < -0.39 is 0 Å². The molecule has 0 heteroatoms. The van der Waals surface area contributed by atoms with Gasteiger partial charge in [-0.1, -0.05) is 58.8 Å². The molecule has 0 radical (unpaired) electrons. The Bertz CT molecular complexity index is 84.2. The van der Waals surface area contributed by atoms with Crippen LogP contribution < -0.4 is 0 Å². The van der Waals surface area contributed by atoms with Gasteiger partial charge in [-0.15, -0.1) is 0 Å². The average Bonchev–Trinajstić information content (AvgIpc) is 2.06. The topological polar surface area (TPSA) is 0 Å². The van der Waals surface area contributed by atoms with E-state index in [1.54, 1.807) is 0 Å². The third-order valence-electron chi connectivity index (χ3n) is 3.05. The van der Waals surface area contributed by atoms with Crippen LogP contribution in [0.15, 0.2) is 0 Å². The second-order valence-electron chi connectivity index (χ2n) is 4.43. The van der Waals surface area contributed by atoms with Gasteiger partial charge in [0.25, 0.3) is 0 Å². The van der Waals surface area contributed by atoms with Crippen LogP contribution in [0.1, 0.15) is 58.8 Å². The van der Waals surface area contributed by atoms with Gasteiger partial charge in [0.15, 0.2) is 0 Å². The van der Waals surface area contributed by atoms with Crippen LogP contribution in [-0.2, 0) is 0 Å². The summed E-state index contributed by atoms with van der Waals surface area (Å²) in [4.78, 5) is 0. The molecule has 11 heavy (non-hydrogen) atoms. The van der Waals surface area contributed by atoms with Crippen LogP contribution in [0.4, 0.5) is 0 Å². The molecule has 0 aliphatic heterocycles. The molecule has 2 unspecified atom stereocenters. The van der Waals surface area contributed by atoms with Gasteiger partial charge in [-0.3, -0.25) is 0 Å². The molecule has 0 N–H and O–H groups in total. The van der Waals surface area contributed by atoms with Crippen LogP contribution in [0.25, 0.3) is 0 Å². The van der Waals surface area contributed by atoms with E-state index in [9.17, 15) is 0 Å². The van der Waals surface area contributed by atoms with E-state index in [0.717, 1.165) is 11.8 Å². The minimum absolute atomic E-state index is 0.996. The van der Waals surface area contributed by atoms with Crippen molar-refractivity contribution in [3.05, 3.63) is 0 Å². The van der Waals surface area contributed by atoms with Crippen LogP contribution in [0.5, 0.6) is 0 Å². The molecular weight excluding hydrogens is 132 g/mol. The maximum atomic E-state index is 2.41. The second kappa shape index (κ2) is 4.79. The predicted octanol–water partition coefficient (Wildman–Crippen LogP) is 4.00. The smallest absolute Gasteiger partial charge is 0.0443 e. The fraction of sp³-hybridized carbons (Fsp3) is 1.00. The van der Waals surface area contributed by atoms with Crippen molar-refractivity contribution in [1.82, 2.24) is 0 Å². The molecule has 0 aromatic rings. The molecule has 0 bridgehead atoms. The lowest BCUT2D eigenvalue weighted by atomic mass is 9.95. The van der Waals surface area contributed by atoms with Gasteiger partial charge >= 0.3 is 0 Å². The molecule has 0 heterocycles. The molecule has 0 spiro atoms. The van der Waals surface area contributed by atoms with Gasteiger partial charge < -0.3 is 0 Å². The van der Waals surface area contributed by atoms with E-state index >= 15 is 0 Å². The highest BCUT2D eigenvalue weighted by Gasteiger charge is 2.09. The monoisotopic (exact) mass is 154 g/mol. The lowest BCUT2D eigenvalue weighted by Gasteiger charge is -2.11. The first-order valence-electron chi connectivity index (χ1n) is 5.29. The summed E-state index contributed by atoms with van der Waals surface area (Å²) < 4.78 is 0. The molecule has 0 aromatic heterocycles. The normalized spacial score (nSPS) is 35.5. The van der Waals surface area contributed by atoms with Gasteiger partial charge in [-0.2, -0.15) is 0 Å².